The Balaban J connectivity index is 2.15. The van der Waals surface area contributed by atoms with Crippen LogP contribution in [0.15, 0.2) is 18.3 Å². The Hall–Kier alpha value is -1.06. The van der Waals surface area contributed by atoms with Gasteiger partial charge in [0.1, 0.15) is 10.8 Å². The van der Waals surface area contributed by atoms with Crippen molar-refractivity contribution in [2.45, 2.75) is 25.8 Å². The van der Waals surface area contributed by atoms with E-state index in [1.165, 1.54) is 12.0 Å². The molecule has 3 heterocycles. The molecule has 1 aliphatic rings. The van der Waals surface area contributed by atoms with Gasteiger partial charge >= 0.3 is 0 Å². The molecule has 2 aromatic rings. The zero-order valence-electron chi connectivity index (χ0n) is 9.20. The van der Waals surface area contributed by atoms with Gasteiger partial charge in [-0.25, -0.2) is 4.98 Å². The van der Waals surface area contributed by atoms with Crippen LogP contribution >= 0.6 is 11.6 Å². The van der Waals surface area contributed by atoms with E-state index in [4.69, 9.17) is 11.6 Å². The minimum Gasteiger partial charge on any atom is -0.309 e. The van der Waals surface area contributed by atoms with Gasteiger partial charge < -0.3 is 5.32 Å². The summed E-state index contributed by atoms with van der Waals surface area (Å²) in [6, 6.07) is 4.40. The summed E-state index contributed by atoms with van der Waals surface area (Å²) in [6.07, 6.45) is 4.36. The van der Waals surface area contributed by atoms with Crippen molar-refractivity contribution in [2.75, 3.05) is 6.54 Å². The van der Waals surface area contributed by atoms with Gasteiger partial charge in [-0.1, -0.05) is 17.7 Å². The van der Waals surface area contributed by atoms with E-state index in [1.807, 2.05) is 16.7 Å². The molecule has 1 fully saturated rings. The summed E-state index contributed by atoms with van der Waals surface area (Å²) >= 11 is 6.37. The van der Waals surface area contributed by atoms with Crippen LogP contribution in [0, 0.1) is 6.92 Å². The summed E-state index contributed by atoms with van der Waals surface area (Å²) in [7, 11) is 0. The minimum atomic E-state index is 0.327. The molecule has 1 unspecified atom stereocenters. The van der Waals surface area contributed by atoms with Gasteiger partial charge in [-0.05, 0) is 37.9 Å². The molecule has 0 spiro atoms. The van der Waals surface area contributed by atoms with E-state index in [1.54, 1.807) is 0 Å². The van der Waals surface area contributed by atoms with Crippen molar-refractivity contribution >= 4 is 17.2 Å². The maximum Gasteiger partial charge on any atom is 0.138 e. The molecule has 0 radical (unpaired) electrons. The molecule has 1 atom stereocenters. The molecular formula is C12H14ClN3. The molecule has 0 bridgehead atoms. The van der Waals surface area contributed by atoms with Crippen molar-refractivity contribution in [2.24, 2.45) is 0 Å². The topological polar surface area (TPSA) is 29.3 Å². The van der Waals surface area contributed by atoms with Crippen molar-refractivity contribution in [1.29, 1.82) is 0 Å². The third kappa shape index (κ3) is 1.51. The molecule has 2 aromatic heterocycles. The van der Waals surface area contributed by atoms with Crippen LogP contribution < -0.4 is 5.32 Å². The lowest BCUT2D eigenvalue weighted by atomic mass is 10.2. The average Bonchev–Trinajstić information content (AvgIpc) is 2.87. The number of fused-ring (bicyclic) bond motifs is 1. The lowest BCUT2D eigenvalue weighted by molar-refractivity contribution is 0.632. The molecule has 0 aliphatic carbocycles. The zero-order chi connectivity index (χ0) is 11.1. The fraction of sp³-hybridized carbons (Fsp3) is 0.417. The zero-order valence-corrected chi connectivity index (χ0v) is 9.96. The first-order valence-electron chi connectivity index (χ1n) is 5.63. The van der Waals surface area contributed by atoms with Gasteiger partial charge in [0, 0.05) is 6.20 Å². The van der Waals surface area contributed by atoms with E-state index in [-0.39, 0.29) is 0 Å². The summed E-state index contributed by atoms with van der Waals surface area (Å²) in [5, 5.41) is 4.18. The number of nitrogens with one attached hydrogen (secondary N) is 1. The number of nitrogens with zero attached hydrogens (tertiary/aromatic N) is 2. The monoisotopic (exact) mass is 235 g/mol. The lowest BCUT2D eigenvalue weighted by Crippen LogP contribution is -2.13. The molecule has 16 heavy (non-hydrogen) atoms. The smallest absolute Gasteiger partial charge is 0.138 e. The first-order chi connectivity index (χ1) is 7.75. The minimum absolute atomic E-state index is 0.327. The first kappa shape index (κ1) is 10.1. The summed E-state index contributed by atoms with van der Waals surface area (Å²) < 4.78 is 1.96. The normalized spacial score (nSPS) is 20.8. The Kier molecular flexibility index (Phi) is 2.37. The molecule has 1 saturated heterocycles. The highest BCUT2D eigenvalue weighted by Crippen LogP contribution is 2.29. The third-order valence-corrected chi connectivity index (χ3v) is 3.50. The van der Waals surface area contributed by atoms with Crippen LogP contribution in [0.25, 0.3) is 5.65 Å². The van der Waals surface area contributed by atoms with Crippen LogP contribution in [0.2, 0.25) is 5.15 Å². The van der Waals surface area contributed by atoms with Crippen LogP contribution in [0.4, 0.5) is 0 Å². The first-order valence-corrected chi connectivity index (χ1v) is 6.01. The van der Waals surface area contributed by atoms with E-state index in [0.717, 1.165) is 29.5 Å². The molecule has 4 heteroatoms. The number of hydrogen-bond donors (Lipinski definition) is 1. The molecule has 3 nitrogen and oxygen atoms in total. The summed E-state index contributed by atoms with van der Waals surface area (Å²) in [5.41, 5.74) is 3.11. The molecule has 1 aliphatic heterocycles. The molecule has 3 rings (SSSR count). The molecular weight excluding hydrogens is 222 g/mol. The molecule has 0 amide bonds. The average molecular weight is 236 g/mol. The van der Waals surface area contributed by atoms with Crippen LogP contribution in [0.3, 0.4) is 0 Å². The molecule has 1 N–H and O–H groups in total. The number of rotatable bonds is 1. The SMILES string of the molecule is Cc1ccc2nc(C3CCCN3)c(Cl)n2c1. The Morgan fingerprint density at radius 2 is 2.38 bits per heavy atom. The number of halogens is 1. The third-order valence-electron chi connectivity index (χ3n) is 3.12. The van der Waals surface area contributed by atoms with Crippen molar-refractivity contribution in [3.63, 3.8) is 0 Å². The van der Waals surface area contributed by atoms with Crippen molar-refractivity contribution in [3.05, 3.63) is 34.7 Å². The van der Waals surface area contributed by atoms with E-state index in [0.29, 0.717) is 6.04 Å². The Labute approximate surface area is 99.4 Å². The fourth-order valence-electron chi connectivity index (χ4n) is 2.28. The van der Waals surface area contributed by atoms with Crippen LogP contribution in [-0.4, -0.2) is 15.9 Å². The van der Waals surface area contributed by atoms with E-state index >= 15 is 0 Å². The van der Waals surface area contributed by atoms with Crippen LogP contribution in [0.1, 0.15) is 30.1 Å². The summed E-state index contributed by atoms with van der Waals surface area (Å²) in [4.78, 5) is 4.60. The van der Waals surface area contributed by atoms with E-state index in [2.05, 4.69) is 23.3 Å². The van der Waals surface area contributed by atoms with Gasteiger partial charge in [-0.3, -0.25) is 4.40 Å². The fourth-order valence-corrected chi connectivity index (χ4v) is 2.59. The number of pyridine rings is 1. The number of imidazole rings is 1. The van der Waals surface area contributed by atoms with Crippen molar-refractivity contribution in [1.82, 2.24) is 14.7 Å². The van der Waals surface area contributed by atoms with Gasteiger partial charge in [0.2, 0.25) is 0 Å². The van der Waals surface area contributed by atoms with Crippen molar-refractivity contribution in [3.8, 4) is 0 Å². The van der Waals surface area contributed by atoms with Crippen LogP contribution in [-0.2, 0) is 0 Å². The summed E-state index contributed by atoms with van der Waals surface area (Å²) in [6.45, 7) is 3.12. The second-order valence-electron chi connectivity index (χ2n) is 4.37. The Morgan fingerprint density at radius 3 is 3.12 bits per heavy atom. The summed E-state index contributed by atoms with van der Waals surface area (Å²) in [5.74, 6) is 0. The van der Waals surface area contributed by atoms with E-state index in [9.17, 15) is 0 Å². The quantitative estimate of drug-likeness (QED) is 0.824. The highest BCUT2D eigenvalue weighted by atomic mass is 35.5. The number of hydrogen-bond acceptors (Lipinski definition) is 2. The molecule has 0 aromatic carbocycles. The highest BCUT2D eigenvalue weighted by Gasteiger charge is 2.22. The van der Waals surface area contributed by atoms with Gasteiger partial charge in [0.05, 0.1) is 11.7 Å². The standard InChI is InChI=1S/C12H14ClN3/c1-8-4-5-10-15-11(9-3-2-6-14-9)12(13)16(10)7-8/h4-5,7,9,14H,2-3,6H2,1H3. The van der Waals surface area contributed by atoms with Crippen LogP contribution in [0.5, 0.6) is 0 Å². The largest absolute Gasteiger partial charge is 0.309 e. The predicted octanol–water partition coefficient (Wildman–Crippen LogP) is 2.72. The number of aryl methyl sites for hydroxylation is 1. The van der Waals surface area contributed by atoms with Gasteiger partial charge in [0.25, 0.3) is 0 Å². The Bertz CT molecular complexity index is 526. The highest BCUT2D eigenvalue weighted by molar-refractivity contribution is 6.30. The second-order valence-corrected chi connectivity index (χ2v) is 4.73. The maximum atomic E-state index is 6.37. The molecule has 0 saturated carbocycles. The second kappa shape index (κ2) is 3.75. The van der Waals surface area contributed by atoms with Crippen molar-refractivity contribution < 1.29 is 0 Å². The number of aromatic nitrogens is 2. The lowest BCUT2D eigenvalue weighted by Gasteiger charge is -2.06. The van der Waals surface area contributed by atoms with Gasteiger partial charge in [-0.2, -0.15) is 0 Å². The Morgan fingerprint density at radius 1 is 1.50 bits per heavy atom. The maximum absolute atomic E-state index is 6.37. The molecule has 84 valence electrons. The van der Waals surface area contributed by atoms with Gasteiger partial charge in [-0.15, -0.1) is 0 Å². The van der Waals surface area contributed by atoms with Gasteiger partial charge in [0.15, 0.2) is 0 Å². The predicted molar refractivity (Wildman–Crippen MR) is 64.9 cm³/mol. The van der Waals surface area contributed by atoms with E-state index < -0.39 is 0 Å².